The van der Waals surface area contributed by atoms with E-state index in [2.05, 4.69) is 72.0 Å². The Balaban J connectivity index is 2.21. The second-order valence-corrected chi connectivity index (χ2v) is 5.11. The highest BCUT2D eigenvalue weighted by molar-refractivity contribution is 14.1. The predicted octanol–water partition coefficient (Wildman–Crippen LogP) is 4.36. The van der Waals surface area contributed by atoms with E-state index < -0.39 is 0 Å². The highest BCUT2D eigenvalue weighted by Gasteiger charge is 2.11. The third-order valence-electron chi connectivity index (χ3n) is 2.54. The zero-order valence-corrected chi connectivity index (χ0v) is 10.4. The molecule has 1 aliphatic carbocycles. The lowest BCUT2D eigenvalue weighted by atomic mass is 9.92. The summed E-state index contributed by atoms with van der Waals surface area (Å²) in [6.07, 6.45) is 7.79. The maximum absolute atomic E-state index is 2.42. The van der Waals surface area contributed by atoms with Gasteiger partial charge in [-0.15, -0.1) is 0 Å². The lowest BCUT2D eigenvalue weighted by Crippen LogP contribution is -1.97. The molecule has 0 aromatic heterocycles. The monoisotopic (exact) mass is 296 g/mol. The number of hydrogen-bond acceptors (Lipinski definition) is 0. The van der Waals surface area contributed by atoms with Crippen molar-refractivity contribution in [1.82, 2.24) is 0 Å². The summed E-state index contributed by atoms with van der Waals surface area (Å²) >= 11 is 2.42. The van der Waals surface area contributed by atoms with Gasteiger partial charge < -0.3 is 0 Å². The number of aryl methyl sites for hydroxylation is 1. The lowest BCUT2D eigenvalue weighted by molar-refractivity contribution is 0.849. The number of hydrogen-bond donors (Lipinski definition) is 0. The minimum absolute atomic E-state index is 0.576. The van der Waals surface area contributed by atoms with Crippen LogP contribution in [-0.2, 0) is 0 Å². The van der Waals surface area contributed by atoms with E-state index in [-0.39, 0.29) is 0 Å². The summed E-state index contributed by atoms with van der Waals surface area (Å²) in [7, 11) is 0. The smallest absolute Gasteiger partial charge is 0.00659 e. The van der Waals surface area contributed by atoms with E-state index in [0.717, 1.165) is 6.42 Å². The molecule has 14 heavy (non-hydrogen) atoms. The molecule has 0 heterocycles. The average molecular weight is 296 g/mol. The van der Waals surface area contributed by atoms with Crippen LogP contribution in [0.5, 0.6) is 0 Å². The number of rotatable bonds is 1. The number of halogens is 1. The molecular weight excluding hydrogens is 283 g/mol. The highest BCUT2D eigenvalue weighted by atomic mass is 127. The van der Waals surface area contributed by atoms with E-state index in [1.54, 1.807) is 0 Å². The molecule has 0 nitrogen and oxygen atoms in total. The Hall–Kier alpha value is -0.570. The Labute approximate surface area is 98.9 Å². The Morgan fingerprint density at radius 3 is 2.57 bits per heavy atom. The van der Waals surface area contributed by atoms with Crippen molar-refractivity contribution in [3.8, 4) is 0 Å². The second-order valence-electron chi connectivity index (χ2n) is 3.72. The summed E-state index contributed by atoms with van der Waals surface area (Å²) in [6.45, 7) is 2.13. The zero-order valence-electron chi connectivity index (χ0n) is 8.20. The topological polar surface area (TPSA) is 0 Å². The van der Waals surface area contributed by atoms with Crippen molar-refractivity contribution in [3.05, 3.63) is 57.2 Å². The third-order valence-corrected chi connectivity index (χ3v) is 3.34. The van der Waals surface area contributed by atoms with Gasteiger partial charge in [0, 0.05) is 5.92 Å². The van der Waals surface area contributed by atoms with Crippen LogP contribution in [0.15, 0.2) is 46.1 Å². The first-order valence-corrected chi connectivity index (χ1v) is 5.93. The Bertz CT molecular complexity index is 371. The molecule has 0 aliphatic heterocycles. The fraction of sp³-hybridized carbons (Fsp3) is 0.231. The van der Waals surface area contributed by atoms with Gasteiger partial charge in [0.25, 0.3) is 0 Å². The van der Waals surface area contributed by atoms with Gasteiger partial charge in [-0.05, 0) is 45.1 Å². The van der Waals surface area contributed by atoms with E-state index in [1.165, 1.54) is 14.7 Å². The second kappa shape index (κ2) is 4.30. The van der Waals surface area contributed by atoms with Gasteiger partial charge in [0.05, 0.1) is 0 Å². The summed E-state index contributed by atoms with van der Waals surface area (Å²) in [4.78, 5) is 0. The quantitative estimate of drug-likeness (QED) is 0.676. The van der Waals surface area contributed by atoms with Gasteiger partial charge >= 0.3 is 0 Å². The van der Waals surface area contributed by atoms with Crippen LogP contribution in [0, 0.1) is 6.92 Å². The van der Waals surface area contributed by atoms with Crippen LogP contribution in [0.3, 0.4) is 0 Å². The van der Waals surface area contributed by atoms with Crippen LogP contribution >= 0.6 is 22.6 Å². The van der Waals surface area contributed by atoms with E-state index in [0.29, 0.717) is 5.92 Å². The Morgan fingerprint density at radius 2 is 1.93 bits per heavy atom. The van der Waals surface area contributed by atoms with Gasteiger partial charge in [-0.25, -0.2) is 0 Å². The van der Waals surface area contributed by atoms with Crippen LogP contribution in [-0.4, -0.2) is 0 Å². The fourth-order valence-electron chi connectivity index (χ4n) is 1.68. The first-order chi connectivity index (χ1) is 6.75. The largest absolute Gasteiger partial charge is 0.0766 e. The standard InChI is InChI=1S/C13H13I/c1-10-5-7-11(8-6-10)12-3-2-4-13(14)9-12/h2-8,12H,9H2,1H3. The molecule has 1 aromatic carbocycles. The molecule has 0 saturated carbocycles. The molecule has 0 saturated heterocycles. The molecule has 0 bridgehead atoms. The van der Waals surface area contributed by atoms with Crippen molar-refractivity contribution in [1.29, 1.82) is 0 Å². The molecule has 0 N–H and O–H groups in total. The van der Waals surface area contributed by atoms with Gasteiger partial charge in [0.15, 0.2) is 0 Å². The molecule has 2 rings (SSSR count). The minimum Gasteiger partial charge on any atom is -0.0766 e. The molecule has 1 heteroatoms. The van der Waals surface area contributed by atoms with Crippen LogP contribution in [0.25, 0.3) is 0 Å². The Kier molecular flexibility index (Phi) is 3.06. The molecular formula is C13H13I. The summed E-state index contributed by atoms with van der Waals surface area (Å²) in [5.74, 6) is 0.576. The van der Waals surface area contributed by atoms with Gasteiger partial charge in [-0.1, -0.05) is 48.1 Å². The van der Waals surface area contributed by atoms with Gasteiger partial charge in [0.1, 0.15) is 0 Å². The first kappa shape index (κ1) is 9.97. The molecule has 1 aromatic rings. The van der Waals surface area contributed by atoms with Gasteiger partial charge in [-0.3, -0.25) is 0 Å². The minimum atomic E-state index is 0.576. The van der Waals surface area contributed by atoms with Crippen LogP contribution in [0.1, 0.15) is 23.5 Å². The van der Waals surface area contributed by atoms with Crippen LogP contribution in [0.4, 0.5) is 0 Å². The van der Waals surface area contributed by atoms with Crippen LogP contribution < -0.4 is 0 Å². The Morgan fingerprint density at radius 1 is 1.21 bits per heavy atom. The van der Waals surface area contributed by atoms with E-state index in [4.69, 9.17) is 0 Å². The normalized spacial score (nSPS) is 20.7. The van der Waals surface area contributed by atoms with E-state index >= 15 is 0 Å². The van der Waals surface area contributed by atoms with Gasteiger partial charge in [-0.2, -0.15) is 0 Å². The molecule has 72 valence electrons. The van der Waals surface area contributed by atoms with Crippen molar-refractivity contribution in [2.75, 3.05) is 0 Å². The van der Waals surface area contributed by atoms with Gasteiger partial charge in [0.2, 0.25) is 0 Å². The summed E-state index contributed by atoms with van der Waals surface area (Å²) < 4.78 is 1.44. The molecule has 0 amide bonds. The maximum atomic E-state index is 2.42. The van der Waals surface area contributed by atoms with E-state index in [1.807, 2.05) is 0 Å². The number of allylic oxidation sites excluding steroid dienone is 4. The van der Waals surface area contributed by atoms with Crippen LogP contribution in [0.2, 0.25) is 0 Å². The summed E-state index contributed by atoms with van der Waals surface area (Å²) in [5, 5.41) is 0. The van der Waals surface area contributed by atoms with Crippen molar-refractivity contribution in [2.24, 2.45) is 0 Å². The molecule has 0 spiro atoms. The highest BCUT2D eigenvalue weighted by Crippen LogP contribution is 2.31. The van der Waals surface area contributed by atoms with Crippen molar-refractivity contribution in [2.45, 2.75) is 19.3 Å². The van der Waals surface area contributed by atoms with E-state index in [9.17, 15) is 0 Å². The fourth-order valence-corrected chi connectivity index (χ4v) is 2.36. The lowest BCUT2D eigenvalue weighted by Gasteiger charge is -2.15. The summed E-state index contributed by atoms with van der Waals surface area (Å²) in [5.41, 5.74) is 2.76. The SMILES string of the molecule is Cc1ccc(C2C=CC=C(I)C2)cc1. The average Bonchev–Trinajstić information content (AvgIpc) is 2.19. The van der Waals surface area contributed by atoms with Crippen molar-refractivity contribution in [3.63, 3.8) is 0 Å². The first-order valence-electron chi connectivity index (χ1n) is 4.85. The van der Waals surface area contributed by atoms with Crippen molar-refractivity contribution < 1.29 is 0 Å². The number of benzene rings is 1. The maximum Gasteiger partial charge on any atom is 0.00659 e. The molecule has 1 aliphatic rings. The zero-order chi connectivity index (χ0) is 9.97. The predicted molar refractivity (Wildman–Crippen MR) is 69.8 cm³/mol. The van der Waals surface area contributed by atoms with Crippen molar-refractivity contribution >= 4 is 22.6 Å². The molecule has 1 atom stereocenters. The summed E-state index contributed by atoms with van der Waals surface area (Å²) in [6, 6.07) is 8.85. The molecule has 0 fully saturated rings. The molecule has 0 radical (unpaired) electrons. The molecule has 1 unspecified atom stereocenters. The third kappa shape index (κ3) is 2.27.